The quantitative estimate of drug-likeness (QED) is 0.325. The number of benzene rings is 1. The summed E-state index contributed by atoms with van der Waals surface area (Å²) in [6, 6.07) is 5.20. The van der Waals surface area contributed by atoms with E-state index < -0.39 is 10.4 Å². The molecule has 0 radical (unpaired) electrons. The van der Waals surface area contributed by atoms with Gasteiger partial charge in [-0.05, 0) is 106 Å². The lowest BCUT2D eigenvalue weighted by Gasteiger charge is -2.50. The van der Waals surface area contributed by atoms with Crippen molar-refractivity contribution in [2.45, 2.75) is 85.5 Å². The highest BCUT2D eigenvalue weighted by Crippen LogP contribution is 2.62. The molecule has 1 amide bonds. The Balaban J connectivity index is 0.000000517. The Morgan fingerprint density at radius 2 is 1.93 bits per heavy atom. The van der Waals surface area contributed by atoms with E-state index in [4.69, 9.17) is 4.55 Å². The van der Waals surface area contributed by atoms with Gasteiger partial charge in [0.2, 0.25) is 5.91 Å². The molecule has 1 aromatic heterocycles. The SMILES string of the molecule is CCN(CC)CC.Cc1cnc(NC(=O)CC[C@@H]2CC(=O)[C@@]3(C)CCC4c5ccc(OS(=O)(=O)O)cc5CCC4C23)s1. The van der Waals surface area contributed by atoms with E-state index in [1.54, 1.807) is 18.3 Å². The number of anilines is 1. The van der Waals surface area contributed by atoms with Crippen molar-refractivity contribution in [3.63, 3.8) is 0 Å². The smallest absolute Gasteiger partial charge is 0.362 e. The van der Waals surface area contributed by atoms with Crippen molar-refractivity contribution in [1.82, 2.24) is 9.88 Å². The van der Waals surface area contributed by atoms with Crippen LogP contribution in [0.15, 0.2) is 24.4 Å². The fourth-order valence-electron chi connectivity index (χ4n) is 7.64. The fourth-order valence-corrected chi connectivity index (χ4v) is 8.67. The van der Waals surface area contributed by atoms with Crippen molar-refractivity contribution in [2.24, 2.45) is 23.2 Å². The van der Waals surface area contributed by atoms with E-state index in [-0.39, 0.29) is 34.8 Å². The molecule has 3 unspecified atom stereocenters. The highest BCUT2D eigenvalue weighted by atomic mass is 32.3. The summed E-state index contributed by atoms with van der Waals surface area (Å²) in [5.41, 5.74) is 1.87. The maximum absolute atomic E-state index is 13.2. The molecular weight excluding hydrogens is 574 g/mol. The Kier molecular flexibility index (Phi) is 10.5. The van der Waals surface area contributed by atoms with Crippen LogP contribution in [0.5, 0.6) is 5.75 Å². The fraction of sp³-hybridized carbons (Fsp3) is 0.645. The number of rotatable bonds is 9. The van der Waals surface area contributed by atoms with E-state index in [9.17, 15) is 18.0 Å². The van der Waals surface area contributed by atoms with Crippen molar-refractivity contribution in [3.8, 4) is 5.75 Å². The second kappa shape index (κ2) is 13.5. The van der Waals surface area contributed by atoms with Gasteiger partial charge in [-0.2, -0.15) is 8.42 Å². The number of aryl methyl sites for hydroxylation is 2. The van der Waals surface area contributed by atoms with Gasteiger partial charge >= 0.3 is 10.4 Å². The van der Waals surface area contributed by atoms with Crippen LogP contribution in [-0.2, 0) is 26.4 Å². The third-order valence-electron chi connectivity index (χ3n) is 9.69. The van der Waals surface area contributed by atoms with Crippen molar-refractivity contribution >= 4 is 38.6 Å². The Hall–Kier alpha value is -2.34. The van der Waals surface area contributed by atoms with Gasteiger partial charge in [0.05, 0.1) is 0 Å². The van der Waals surface area contributed by atoms with Gasteiger partial charge in [-0.15, -0.1) is 11.3 Å². The number of amides is 1. The van der Waals surface area contributed by atoms with Gasteiger partial charge in [0, 0.05) is 29.3 Å². The topological polar surface area (TPSA) is 126 Å². The van der Waals surface area contributed by atoms with E-state index in [2.05, 4.69) is 47.1 Å². The standard InChI is InChI=1S/C25H30N2O6S2.C6H15N/c1-14-13-26-24(34-14)27-22(29)8-4-16-12-21(28)25(2)10-9-19-18-7-5-17(33-35(30,31)32)11-15(18)3-6-20(19)23(16)25;1-4-7(5-2)6-3/h5,7,11,13,16,19-20,23H,3-4,6,8-10,12H2,1-2H3,(H,26,27,29)(H,30,31,32);4-6H2,1-3H3/t16-,19?,20?,23?,25-;/m1./s1. The maximum atomic E-state index is 13.2. The Labute approximate surface area is 254 Å². The first-order valence-corrected chi connectivity index (χ1v) is 17.3. The van der Waals surface area contributed by atoms with E-state index in [0.717, 1.165) is 36.1 Å². The summed E-state index contributed by atoms with van der Waals surface area (Å²) in [6.45, 7) is 14.2. The molecule has 3 aliphatic rings. The molecule has 11 heteroatoms. The van der Waals surface area contributed by atoms with Gasteiger partial charge in [-0.3, -0.25) is 14.1 Å². The summed E-state index contributed by atoms with van der Waals surface area (Å²) in [7, 11) is -4.57. The number of Topliss-reactive ketones (excluding diaryl/α,β-unsaturated/α-hetero) is 1. The minimum absolute atomic E-state index is 0.0619. The summed E-state index contributed by atoms with van der Waals surface area (Å²) < 4.78 is 35.9. The van der Waals surface area contributed by atoms with Crippen LogP contribution in [0, 0.1) is 30.1 Å². The molecule has 1 heterocycles. The van der Waals surface area contributed by atoms with Crippen LogP contribution in [0.2, 0.25) is 0 Å². The molecule has 2 N–H and O–H groups in total. The van der Waals surface area contributed by atoms with Crippen LogP contribution in [-0.4, -0.2) is 54.2 Å². The minimum atomic E-state index is -4.57. The lowest BCUT2D eigenvalue weighted by Crippen LogP contribution is -2.44. The van der Waals surface area contributed by atoms with Crippen molar-refractivity contribution in [1.29, 1.82) is 0 Å². The second-order valence-electron chi connectivity index (χ2n) is 12.0. The molecule has 1 aromatic carbocycles. The van der Waals surface area contributed by atoms with Crippen molar-refractivity contribution < 1.29 is 26.7 Å². The molecule has 5 rings (SSSR count). The molecule has 2 fully saturated rings. The van der Waals surface area contributed by atoms with Crippen LogP contribution in [0.3, 0.4) is 0 Å². The molecule has 0 saturated heterocycles. The van der Waals surface area contributed by atoms with Crippen molar-refractivity contribution in [2.75, 3.05) is 25.0 Å². The van der Waals surface area contributed by atoms with Gasteiger partial charge < -0.3 is 14.4 Å². The molecule has 5 atom stereocenters. The first kappa shape index (κ1) is 32.6. The van der Waals surface area contributed by atoms with E-state index >= 15 is 0 Å². The summed E-state index contributed by atoms with van der Waals surface area (Å²) in [5, 5.41) is 3.49. The van der Waals surface area contributed by atoms with Gasteiger partial charge in [-0.1, -0.05) is 33.8 Å². The zero-order valence-electron chi connectivity index (χ0n) is 25.4. The molecule has 0 spiro atoms. The molecule has 0 aliphatic heterocycles. The third kappa shape index (κ3) is 7.41. The number of thiazole rings is 1. The molecular formula is C31H45N3O6S2. The zero-order valence-corrected chi connectivity index (χ0v) is 27.0. The average molecular weight is 620 g/mol. The van der Waals surface area contributed by atoms with E-state index in [1.807, 2.05) is 13.0 Å². The number of fused-ring (bicyclic) bond motifs is 5. The predicted octanol–water partition coefficient (Wildman–Crippen LogP) is 6.05. The maximum Gasteiger partial charge on any atom is 0.446 e. The number of carbonyl (C=O) groups excluding carboxylic acids is 2. The highest BCUT2D eigenvalue weighted by Gasteiger charge is 2.58. The molecule has 42 heavy (non-hydrogen) atoms. The van der Waals surface area contributed by atoms with Crippen LogP contribution in [0.25, 0.3) is 0 Å². The third-order valence-corrected chi connectivity index (χ3v) is 10.9. The summed E-state index contributed by atoms with van der Waals surface area (Å²) >= 11 is 1.45. The molecule has 9 nitrogen and oxygen atoms in total. The van der Waals surface area contributed by atoms with E-state index in [0.29, 0.717) is 36.1 Å². The second-order valence-corrected chi connectivity index (χ2v) is 14.3. The Bertz CT molecular complexity index is 1370. The number of ketones is 1. The molecule has 3 aliphatic carbocycles. The van der Waals surface area contributed by atoms with Crippen LogP contribution < -0.4 is 9.50 Å². The summed E-state index contributed by atoms with van der Waals surface area (Å²) in [6.07, 6.45) is 6.71. The molecule has 2 saturated carbocycles. The minimum Gasteiger partial charge on any atom is -0.362 e. The summed E-state index contributed by atoms with van der Waals surface area (Å²) in [4.78, 5) is 33.4. The molecule has 0 bridgehead atoms. The zero-order chi connectivity index (χ0) is 30.7. The first-order chi connectivity index (χ1) is 19.9. The van der Waals surface area contributed by atoms with Gasteiger partial charge in [-0.25, -0.2) is 4.98 Å². The molecule has 232 valence electrons. The van der Waals surface area contributed by atoms with Gasteiger partial charge in [0.1, 0.15) is 11.5 Å². The normalized spacial score (nSPS) is 26.5. The number of hydrogen-bond donors (Lipinski definition) is 2. The van der Waals surface area contributed by atoms with Crippen LogP contribution in [0.1, 0.15) is 88.1 Å². The predicted molar refractivity (Wildman–Crippen MR) is 165 cm³/mol. The van der Waals surface area contributed by atoms with Crippen molar-refractivity contribution in [3.05, 3.63) is 40.4 Å². The first-order valence-electron chi connectivity index (χ1n) is 15.2. The molecule has 2 aromatic rings. The van der Waals surface area contributed by atoms with E-state index in [1.165, 1.54) is 36.5 Å². The largest absolute Gasteiger partial charge is 0.446 e. The number of nitrogens with one attached hydrogen (secondary N) is 1. The van der Waals surface area contributed by atoms with Gasteiger partial charge in [0.25, 0.3) is 0 Å². The monoisotopic (exact) mass is 619 g/mol. The number of nitrogens with zero attached hydrogens (tertiary/aromatic N) is 2. The lowest BCUT2D eigenvalue weighted by atomic mass is 9.54. The Morgan fingerprint density at radius 3 is 2.52 bits per heavy atom. The Morgan fingerprint density at radius 1 is 1.21 bits per heavy atom. The average Bonchev–Trinajstić information content (AvgIpc) is 3.46. The number of hydrogen-bond acceptors (Lipinski definition) is 8. The number of carbonyl (C=O) groups is 2. The summed E-state index contributed by atoms with van der Waals surface area (Å²) in [5.74, 6) is 1.41. The van der Waals surface area contributed by atoms with Crippen LogP contribution >= 0.6 is 11.3 Å². The lowest BCUT2D eigenvalue weighted by molar-refractivity contribution is -0.129. The number of aromatic nitrogens is 1. The van der Waals surface area contributed by atoms with Gasteiger partial charge in [0.15, 0.2) is 5.13 Å². The van der Waals surface area contributed by atoms with Crippen LogP contribution in [0.4, 0.5) is 5.13 Å². The highest BCUT2D eigenvalue weighted by molar-refractivity contribution is 7.81.